The number of nitrogens with one attached hydrogen (secondary N) is 1. The van der Waals surface area contributed by atoms with Crippen molar-refractivity contribution in [3.05, 3.63) is 35.0 Å². The molecule has 0 aliphatic carbocycles. The number of amides is 2. The minimum absolute atomic E-state index is 0.0540. The van der Waals surface area contributed by atoms with Crippen LogP contribution < -0.4 is 19.7 Å². The first-order chi connectivity index (χ1) is 16.5. The number of anilines is 1. The zero-order valence-corrected chi connectivity index (χ0v) is 22.8. The standard InChI is InChI=1S/C25H37N5O4S/c1-25(2,3)23-21-22(16-9-10-17(33-7)18(13-16)34-8)35-15-20(32)30(24(21)29(6)27-23)14-19(31)26-11-12-28(4)5/h9-10,13,22H,11-12,14-15H2,1-8H3,(H,26,31)/t22-/m1/s1. The van der Waals surface area contributed by atoms with E-state index in [1.165, 1.54) is 11.8 Å². The minimum Gasteiger partial charge on any atom is -0.493 e. The van der Waals surface area contributed by atoms with Crippen LogP contribution in [-0.2, 0) is 22.1 Å². The van der Waals surface area contributed by atoms with E-state index in [1.807, 2.05) is 44.2 Å². The monoisotopic (exact) mass is 503 g/mol. The number of hydrogen-bond donors (Lipinski definition) is 1. The van der Waals surface area contributed by atoms with E-state index in [0.29, 0.717) is 23.9 Å². The van der Waals surface area contributed by atoms with Crippen LogP contribution in [0.4, 0.5) is 5.82 Å². The number of ether oxygens (including phenoxy) is 2. The number of benzene rings is 1. The molecular weight excluding hydrogens is 466 g/mol. The van der Waals surface area contributed by atoms with Crippen LogP contribution in [-0.4, -0.2) is 80.2 Å². The molecule has 192 valence electrons. The molecule has 0 unspecified atom stereocenters. The molecule has 2 heterocycles. The molecule has 2 aromatic rings. The van der Waals surface area contributed by atoms with Crippen LogP contribution in [0, 0.1) is 0 Å². The van der Waals surface area contributed by atoms with Crippen LogP contribution in [0.2, 0.25) is 0 Å². The van der Waals surface area contributed by atoms with Crippen molar-refractivity contribution < 1.29 is 19.1 Å². The predicted octanol–water partition coefficient (Wildman–Crippen LogP) is 2.58. The van der Waals surface area contributed by atoms with Crippen molar-refractivity contribution in [2.75, 3.05) is 58.6 Å². The largest absolute Gasteiger partial charge is 0.493 e. The third-order valence-electron chi connectivity index (χ3n) is 5.85. The molecule has 1 aromatic carbocycles. The summed E-state index contributed by atoms with van der Waals surface area (Å²) in [6, 6.07) is 5.83. The van der Waals surface area contributed by atoms with Gasteiger partial charge in [0.05, 0.1) is 30.9 Å². The van der Waals surface area contributed by atoms with Crippen LogP contribution in [0.5, 0.6) is 11.5 Å². The van der Waals surface area contributed by atoms with Crippen molar-refractivity contribution in [3.63, 3.8) is 0 Å². The fraction of sp³-hybridized carbons (Fsp3) is 0.560. The van der Waals surface area contributed by atoms with Crippen molar-refractivity contribution in [1.82, 2.24) is 20.0 Å². The lowest BCUT2D eigenvalue weighted by Gasteiger charge is -2.24. The van der Waals surface area contributed by atoms with Gasteiger partial charge in [-0.1, -0.05) is 26.8 Å². The highest BCUT2D eigenvalue weighted by Crippen LogP contribution is 2.48. The van der Waals surface area contributed by atoms with Gasteiger partial charge in [-0.2, -0.15) is 5.10 Å². The van der Waals surface area contributed by atoms with Crippen molar-refractivity contribution in [2.24, 2.45) is 7.05 Å². The number of methoxy groups -OCH3 is 2. The maximum Gasteiger partial charge on any atom is 0.240 e. The molecule has 0 fully saturated rings. The number of fused-ring (bicyclic) bond motifs is 1. The predicted molar refractivity (Wildman–Crippen MR) is 140 cm³/mol. The Morgan fingerprint density at radius 1 is 1.23 bits per heavy atom. The number of aromatic nitrogens is 2. The van der Waals surface area contributed by atoms with Gasteiger partial charge in [0, 0.05) is 31.1 Å². The fourth-order valence-corrected chi connectivity index (χ4v) is 5.33. The lowest BCUT2D eigenvalue weighted by atomic mass is 9.87. The van der Waals surface area contributed by atoms with Crippen LogP contribution >= 0.6 is 11.8 Å². The van der Waals surface area contributed by atoms with Gasteiger partial charge in [-0.15, -0.1) is 11.8 Å². The summed E-state index contributed by atoms with van der Waals surface area (Å²) in [5, 5.41) is 7.60. The van der Waals surface area contributed by atoms with Crippen molar-refractivity contribution in [3.8, 4) is 11.5 Å². The SMILES string of the molecule is COc1ccc([C@H]2SCC(=O)N(CC(=O)NCCN(C)C)c3c2c(C(C)(C)C)nn3C)cc1OC. The molecular formula is C25H37N5O4S. The van der Waals surface area contributed by atoms with Crippen LogP contribution in [0.25, 0.3) is 0 Å². The summed E-state index contributed by atoms with van der Waals surface area (Å²) in [7, 11) is 8.95. The highest BCUT2D eigenvalue weighted by atomic mass is 32.2. The van der Waals surface area contributed by atoms with Gasteiger partial charge in [-0.05, 0) is 31.8 Å². The molecule has 3 rings (SSSR count). The normalized spacial score (nSPS) is 16.2. The van der Waals surface area contributed by atoms with Gasteiger partial charge in [0.15, 0.2) is 11.5 Å². The summed E-state index contributed by atoms with van der Waals surface area (Å²) in [5.74, 6) is 1.85. The third-order valence-corrected chi connectivity index (χ3v) is 7.10. The molecule has 0 saturated carbocycles. The minimum atomic E-state index is -0.270. The van der Waals surface area contributed by atoms with Gasteiger partial charge in [0.2, 0.25) is 11.8 Å². The van der Waals surface area contributed by atoms with Gasteiger partial charge in [-0.25, -0.2) is 0 Å². The molecule has 1 N–H and O–H groups in total. The number of aryl methyl sites for hydroxylation is 1. The highest BCUT2D eigenvalue weighted by molar-refractivity contribution is 8.00. The van der Waals surface area contributed by atoms with E-state index in [1.54, 1.807) is 23.8 Å². The third kappa shape index (κ3) is 5.92. The van der Waals surface area contributed by atoms with Crippen molar-refractivity contribution in [1.29, 1.82) is 0 Å². The zero-order valence-electron chi connectivity index (χ0n) is 22.0. The molecule has 1 aliphatic rings. The molecule has 10 heteroatoms. The fourth-order valence-electron chi connectivity index (χ4n) is 4.14. The van der Waals surface area contributed by atoms with Gasteiger partial charge in [-0.3, -0.25) is 19.2 Å². The second kappa shape index (κ2) is 10.9. The number of carbonyl (C=O) groups is 2. The van der Waals surface area contributed by atoms with Gasteiger partial charge < -0.3 is 19.7 Å². The summed E-state index contributed by atoms with van der Waals surface area (Å²) < 4.78 is 12.7. The van der Waals surface area contributed by atoms with E-state index in [0.717, 1.165) is 23.4 Å². The molecule has 0 bridgehead atoms. The Hall–Kier alpha value is -2.72. The van der Waals surface area contributed by atoms with Gasteiger partial charge >= 0.3 is 0 Å². The number of hydrogen-bond acceptors (Lipinski definition) is 7. The number of rotatable bonds is 8. The molecule has 9 nitrogen and oxygen atoms in total. The van der Waals surface area contributed by atoms with Crippen molar-refractivity contribution in [2.45, 2.75) is 31.4 Å². The quantitative estimate of drug-likeness (QED) is 0.592. The number of thioether (sulfide) groups is 1. The lowest BCUT2D eigenvalue weighted by molar-refractivity contribution is -0.122. The van der Waals surface area contributed by atoms with Crippen molar-refractivity contribution >= 4 is 29.4 Å². The van der Waals surface area contributed by atoms with E-state index in [4.69, 9.17) is 14.6 Å². The average molecular weight is 504 g/mol. The maximum atomic E-state index is 13.3. The molecule has 35 heavy (non-hydrogen) atoms. The smallest absolute Gasteiger partial charge is 0.240 e. The molecule has 1 atom stereocenters. The number of likely N-dealkylation sites (N-methyl/N-ethyl adjacent to an activating group) is 1. The number of carbonyl (C=O) groups excluding carboxylic acids is 2. The maximum absolute atomic E-state index is 13.3. The van der Waals surface area contributed by atoms with Crippen LogP contribution in [0.15, 0.2) is 18.2 Å². The molecule has 1 aromatic heterocycles. The molecule has 2 amide bonds. The first-order valence-electron chi connectivity index (χ1n) is 11.6. The van der Waals surface area contributed by atoms with Crippen LogP contribution in [0.3, 0.4) is 0 Å². The highest BCUT2D eigenvalue weighted by Gasteiger charge is 2.39. The van der Waals surface area contributed by atoms with Gasteiger partial charge in [0.1, 0.15) is 12.4 Å². The second-order valence-corrected chi connectivity index (χ2v) is 11.0. The van der Waals surface area contributed by atoms with E-state index < -0.39 is 0 Å². The molecule has 0 spiro atoms. The van der Waals surface area contributed by atoms with E-state index >= 15 is 0 Å². The summed E-state index contributed by atoms with van der Waals surface area (Å²) in [5.41, 5.74) is 2.56. The van der Waals surface area contributed by atoms with Gasteiger partial charge in [0.25, 0.3) is 0 Å². The second-order valence-electron chi connectivity index (χ2n) is 9.90. The Labute approximate surface area is 212 Å². The molecule has 0 saturated heterocycles. The molecule has 0 radical (unpaired) electrons. The Balaban J connectivity index is 2.09. The van der Waals surface area contributed by atoms with E-state index in [2.05, 4.69) is 26.1 Å². The number of nitrogens with zero attached hydrogens (tertiary/aromatic N) is 4. The first-order valence-corrected chi connectivity index (χ1v) is 12.7. The summed E-state index contributed by atoms with van der Waals surface area (Å²) in [6.45, 7) is 7.51. The summed E-state index contributed by atoms with van der Waals surface area (Å²) >= 11 is 1.54. The zero-order chi connectivity index (χ0) is 25.9. The van der Waals surface area contributed by atoms with E-state index in [9.17, 15) is 9.59 Å². The molecule has 1 aliphatic heterocycles. The Morgan fingerprint density at radius 3 is 2.51 bits per heavy atom. The Bertz CT molecular complexity index is 1080. The average Bonchev–Trinajstić information content (AvgIpc) is 3.06. The summed E-state index contributed by atoms with van der Waals surface area (Å²) in [4.78, 5) is 29.7. The topological polar surface area (TPSA) is 88.9 Å². The first kappa shape index (κ1) is 26.9. The van der Waals surface area contributed by atoms with Crippen LogP contribution in [0.1, 0.15) is 42.8 Å². The summed E-state index contributed by atoms with van der Waals surface area (Å²) in [6.07, 6.45) is 0. The lowest BCUT2D eigenvalue weighted by Crippen LogP contribution is -2.43. The Kier molecular flexibility index (Phi) is 8.38. The Morgan fingerprint density at radius 2 is 1.91 bits per heavy atom. The van der Waals surface area contributed by atoms with E-state index in [-0.39, 0.29) is 34.8 Å².